The summed E-state index contributed by atoms with van der Waals surface area (Å²) in [7, 11) is -4.44. The fraction of sp³-hybridized carbons (Fsp3) is 0.500. The minimum absolute atomic E-state index is 0.0791. The number of sulfonamides is 1. The number of pyridine rings is 1. The van der Waals surface area contributed by atoms with Gasteiger partial charge in [0.25, 0.3) is 6.40 Å². The lowest BCUT2D eigenvalue weighted by Crippen LogP contribution is -2.42. The molecule has 2 aromatic heterocycles. The Balaban J connectivity index is 1.82. The number of nitrogens with one attached hydrogen (secondary N) is 2. The molecule has 2 aromatic rings. The quantitative estimate of drug-likeness (QED) is 0.826. The van der Waals surface area contributed by atoms with Crippen molar-refractivity contribution in [3.63, 3.8) is 0 Å². The average Bonchev–Trinajstić information content (AvgIpc) is 2.59. The third-order valence-corrected chi connectivity index (χ3v) is 4.94. The van der Waals surface area contributed by atoms with E-state index in [-0.39, 0.29) is 42.9 Å². The summed E-state index contributed by atoms with van der Waals surface area (Å²) in [6.45, 7) is -0.158. The Morgan fingerprint density at radius 2 is 2.12 bits per heavy atom. The van der Waals surface area contributed by atoms with Crippen molar-refractivity contribution in [2.24, 2.45) is 0 Å². The molecule has 8 nitrogen and oxygen atoms in total. The van der Waals surface area contributed by atoms with Crippen LogP contribution in [-0.2, 0) is 10.0 Å². The summed E-state index contributed by atoms with van der Waals surface area (Å²) in [6, 6.07) is 1.71. The first kappa shape index (κ1) is 13.1. The molecule has 0 radical (unpaired) electrons. The minimum Gasteiger partial charge on any atom is -0.351 e. The number of fused-ring (bicyclic) bond motifs is 1. The maximum Gasteiger partial charge on any atom is 0.281 e. The lowest BCUT2D eigenvalue weighted by atomic mass is 10.1. The Bertz CT molecular complexity index is 1080. The number of H-pyrrole nitrogens is 1. The zero-order valence-corrected chi connectivity index (χ0v) is 13.6. The van der Waals surface area contributed by atoms with E-state index in [0.717, 1.165) is 16.4 Å². The minimum atomic E-state index is -4.44. The van der Waals surface area contributed by atoms with Crippen LogP contribution >= 0.6 is 0 Å². The van der Waals surface area contributed by atoms with E-state index in [4.69, 9.17) is 5.48 Å². The third-order valence-electron chi connectivity index (χ3n) is 3.89. The number of rotatable bonds is 4. The van der Waals surface area contributed by atoms with Crippen LogP contribution in [0.15, 0.2) is 16.9 Å². The van der Waals surface area contributed by atoms with Crippen LogP contribution in [0.25, 0.3) is 11.0 Å². The number of aromatic amines is 1. The maximum atomic E-state index is 13.7. The highest BCUT2D eigenvalue weighted by atomic mass is 32.2. The number of alkyl halides is 2. The second-order valence-corrected chi connectivity index (χ2v) is 7.03. The highest BCUT2D eigenvalue weighted by Crippen LogP contribution is 2.25. The number of anilines is 1. The van der Waals surface area contributed by atoms with Gasteiger partial charge in [-0.25, -0.2) is 26.5 Å². The van der Waals surface area contributed by atoms with E-state index < -0.39 is 39.9 Å². The number of piperidine rings is 1. The average molecular weight is 377 g/mol. The van der Waals surface area contributed by atoms with E-state index in [1.165, 1.54) is 0 Å². The van der Waals surface area contributed by atoms with Crippen LogP contribution in [0.5, 0.6) is 0 Å². The van der Waals surface area contributed by atoms with Gasteiger partial charge in [0, 0.05) is 34.7 Å². The van der Waals surface area contributed by atoms with Crippen molar-refractivity contribution in [3.05, 3.63) is 28.2 Å². The van der Waals surface area contributed by atoms with E-state index >= 15 is 0 Å². The predicted molar refractivity (Wildman–Crippen MR) is 88.2 cm³/mol. The van der Waals surface area contributed by atoms with Crippen molar-refractivity contribution in [1.82, 2.24) is 19.3 Å². The predicted octanol–water partition coefficient (Wildman–Crippen LogP) is 1.09. The van der Waals surface area contributed by atoms with Gasteiger partial charge in [-0.1, -0.05) is 0 Å². The Morgan fingerprint density at radius 3 is 2.76 bits per heavy atom. The molecular weight excluding hydrogens is 356 g/mol. The topological polar surface area (TPSA) is 108 Å². The largest absolute Gasteiger partial charge is 0.351 e. The maximum absolute atomic E-state index is 13.7. The Kier molecular flexibility index (Phi) is 3.48. The molecule has 1 fully saturated rings. The molecule has 0 atom stereocenters. The second-order valence-electron chi connectivity index (χ2n) is 5.56. The normalized spacial score (nSPS) is 20.6. The molecule has 1 aliphatic rings. The number of halogens is 2. The van der Waals surface area contributed by atoms with Crippen LogP contribution in [0.3, 0.4) is 0 Å². The number of hydrogen-bond donors (Lipinski definition) is 2. The SMILES string of the molecule is [2H]C(F)(F)c1nc(NC2CCN(S(=O)(=O)C([2H])([2H])[2H])CC2)nc2[nH]c(=O)ccc12. The van der Waals surface area contributed by atoms with Gasteiger partial charge in [0.2, 0.25) is 21.5 Å². The van der Waals surface area contributed by atoms with Crippen molar-refractivity contribution < 1.29 is 22.7 Å². The smallest absolute Gasteiger partial charge is 0.281 e. The first-order valence-electron chi connectivity index (χ1n) is 9.34. The van der Waals surface area contributed by atoms with Crippen LogP contribution in [0.2, 0.25) is 0 Å². The van der Waals surface area contributed by atoms with Crippen LogP contribution < -0.4 is 10.9 Å². The molecule has 0 bridgehead atoms. The zero-order valence-electron chi connectivity index (χ0n) is 16.8. The molecule has 136 valence electrons. The number of aromatic nitrogens is 3. The van der Waals surface area contributed by atoms with Gasteiger partial charge in [0.1, 0.15) is 12.7 Å². The Morgan fingerprint density at radius 1 is 1.40 bits per heavy atom. The van der Waals surface area contributed by atoms with Crippen molar-refractivity contribution in [3.8, 4) is 0 Å². The lowest BCUT2D eigenvalue weighted by Gasteiger charge is -2.30. The summed E-state index contributed by atoms with van der Waals surface area (Å²) in [5.74, 6) is -0.251. The molecule has 0 amide bonds. The van der Waals surface area contributed by atoms with Crippen LogP contribution in [-0.4, -0.2) is 53.0 Å². The third kappa shape index (κ3) is 3.93. The van der Waals surface area contributed by atoms with Crippen LogP contribution in [0, 0.1) is 0 Å². The Labute approximate surface area is 148 Å². The van der Waals surface area contributed by atoms with Crippen molar-refractivity contribution >= 4 is 27.0 Å². The molecule has 3 heterocycles. The number of hydrogen-bond acceptors (Lipinski definition) is 6. The van der Waals surface area contributed by atoms with Gasteiger partial charge in [-0.05, 0) is 18.9 Å². The molecule has 1 saturated heterocycles. The summed E-state index contributed by atoms with van der Waals surface area (Å²) in [5, 5.41) is 2.62. The summed E-state index contributed by atoms with van der Waals surface area (Å²) < 4.78 is 80.6. The fourth-order valence-electron chi connectivity index (χ4n) is 2.67. The van der Waals surface area contributed by atoms with E-state index in [9.17, 15) is 22.0 Å². The van der Waals surface area contributed by atoms with Gasteiger partial charge in [-0.3, -0.25) is 4.79 Å². The molecule has 0 aliphatic carbocycles. The van der Waals surface area contributed by atoms with E-state index in [2.05, 4.69) is 20.3 Å². The lowest BCUT2D eigenvalue weighted by molar-refractivity contribution is 0.148. The zero-order chi connectivity index (χ0) is 21.6. The van der Waals surface area contributed by atoms with E-state index in [1.807, 2.05) is 0 Å². The van der Waals surface area contributed by atoms with Gasteiger partial charge in [0.05, 0.1) is 6.18 Å². The molecule has 0 spiro atoms. The van der Waals surface area contributed by atoms with Crippen molar-refractivity contribution in [2.45, 2.75) is 25.3 Å². The summed E-state index contributed by atoms with van der Waals surface area (Å²) in [4.78, 5) is 21.5. The highest BCUT2D eigenvalue weighted by Gasteiger charge is 2.26. The number of nitrogens with zero attached hydrogens (tertiary/aromatic N) is 3. The molecule has 3 rings (SSSR count). The Hall–Kier alpha value is -2.14. The molecule has 0 aromatic carbocycles. The van der Waals surface area contributed by atoms with Crippen LogP contribution in [0.4, 0.5) is 14.7 Å². The molecule has 0 unspecified atom stereocenters. The van der Waals surface area contributed by atoms with Gasteiger partial charge in [-0.15, -0.1) is 0 Å². The fourth-order valence-corrected chi connectivity index (χ4v) is 3.36. The summed E-state index contributed by atoms with van der Waals surface area (Å²) in [5.41, 5.74) is -1.62. The van der Waals surface area contributed by atoms with Gasteiger partial charge in [0.15, 0.2) is 0 Å². The molecule has 25 heavy (non-hydrogen) atoms. The molecule has 0 saturated carbocycles. The van der Waals surface area contributed by atoms with E-state index in [0.29, 0.717) is 0 Å². The molecule has 2 N–H and O–H groups in total. The molecule has 1 aliphatic heterocycles. The standard InChI is InChI=1S/C14H17F2N5O3S/c1-25(23,24)21-6-4-8(5-7-21)17-14-19-11(12(15)16)9-2-3-10(22)18-13(9)20-14/h2-3,8,12H,4-7H2,1H3,(H2,17,18,19,20,22)/i1D3,12D. The molecule has 11 heteroatoms. The van der Waals surface area contributed by atoms with E-state index in [1.54, 1.807) is 0 Å². The van der Waals surface area contributed by atoms with Crippen LogP contribution in [0.1, 0.15) is 30.4 Å². The van der Waals surface area contributed by atoms with Gasteiger partial charge < -0.3 is 10.3 Å². The van der Waals surface area contributed by atoms with Gasteiger partial charge in [-0.2, -0.15) is 4.98 Å². The summed E-state index contributed by atoms with van der Waals surface area (Å²) >= 11 is 0. The monoisotopic (exact) mass is 377 g/mol. The van der Waals surface area contributed by atoms with Crippen molar-refractivity contribution in [1.29, 1.82) is 0 Å². The first-order valence-corrected chi connectivity index (χ1v) is 8.78. The molecular formula is C14H17F2N5O3S. The second kappa shape index (κ2) is 6.64. The van der Waals surface area contributed by atoms with Gasteiger partial charge >= 0.3 is 0 Å². The summed E-state index contributed by atoms with van der Waals surface area (Å²) in [6.07, 6.45) is -6.81. The first-order chi connectivity index (χ1) is 13.3. The van der Waals surface area contributed by atoms with Crippen molar-refractivity contribution in [2.75, 3.05) is 24.6 Å². The highest BCUT2D eigenvalue weighted by molar-refractivity contribution is 7.88.